The summed E-state index contributed by atoms with van der Waals surface area (Å²) in [4.78, 5) is 21.2. The molecule has 0 bridgehead atoms. The lowest BCUT2D eigenvalue weighted by atomic mass is 10.1. The van der Waals surface area contributed by atoms with Crippen molar-refractivity contribution in [3.63, 3.8) is 0 Å². The number of rotatable bonds is 4. The van der Waals surface area contributed by atoms with Crippen molar-refractivity contribution in [2.24, 2.45) is 0 Å². The molecule has 1 amide bonds. The highest BCUT2D eigenvalue weighted by molar-refractivity contribution is 5.76. The van der Waals surface area contributed by atoms with Crippen molar-refractivity contribution in [3.8, 4) is 0 Å². The van der Waals surface area contributed by atoms with E-state index in [1.807, 2.05) is 20.8 Å². The molecule has 6 heteroatoms. The maximum Gasteiger partial charge on any atom is 0.252 e. The van der Waals surface area contributed by atoms with E-state index < -0.39 is 0 Å². The molecule has 0 aliphatic heterocycles. The van der Waals surface area contributed by atoms with E-state index in [9.17, 15) is 4.79 Å². The first kappa shape index (κ1) is 16.9. The lowest BCUT2D eigenvalue weighted by Gasteiger charge is -2.16. The highest BCUT2D eigenvalue weighted by Gasteiger charge is 2.17. The van der Waals surface area contributed by atoms with E-state index in [2.05, 4.69) is 20.4 Å². The molecule has 1 N–H and O–H groups in total. The Morgan fingerprint density at radius 1 is 1.12 bits per heavy atom. The third-order valence-electron chi connectivity index (χ3n) is 4.98. The van der Waals surface area contributed by atoms with E-state index in [1.54, 1.807) is 4.52 Å². The molecular weight excluding hydrogens is 302 g/mol. The van der Waals surface area contributed by atoms with Crippen LogP contribution in [0.3, 0.4) is 0 Å². The van der Waals surface area contributed by atoms with E-state index in [0.717, 1.165) is 29.8 Å². The van der Waals surface area contributed by atoms with Gasteiger partial charge < -0.3 is 5.32 Å². The number of nitrogens with zero attached hydrogens (tertiary/aromatic N) is 4. The predicted octanol–water partition coefficient (Wildman–Crippen LogP) is 2.82. The van der Waals surface area contributed by atoms with Crippen LogP contribution < -0.4 is 5.32 Å². The minimum Gasteiger partial charge on any atom is -0.353 e. The number of amides is 1. The second kappa shape index (κ2) is 7.28. The van der Waals surface area contributed by atoms with Gasteiger partial charge >= 0.3 is 0 Å². The largest absolute Gasteiger partial charge is 0.353 e. The Balaban J connectivity index is 1.65. The van der Waals surface area contributed by atoms with Gasteiger partial charge in [-0.3, -0.25) is 4.79 Å². The van der Waals surface area contributed by atoms with Crippen LogP contribution in [0, 0.1) is 20.8 Å². The van der Waals surface area contributed by atoms with Crippen LogP contribution in [0.25, 0.3) is 5.78 Å². The van der Waals surface area contributed by atoms with Gasteiger partial charge in [-0.25, -0.2) is 9.50 Å². The van der Waals surface area contributed by atoms with Gasteiger partial charge in [-0.15, -0.1) is 0 Å². The number of hydrogen-bond acceptors (Lipinski definition) is 4. The molecule has 24 heavy (non-hydrogen) atoms. The average Bonchev–Trinajstić information content (AvgIpc) is 2.73. The average molecular weight is 329 g/mol. The zero-order valence-electron chi connectivity index (χ0n) is 14.9. The van der Waals surface area contributed by atoms with Crippen LogP contribution >= 0.6 is 0 Å². The van der Waals surface area contributed by atoms with Gasteiger partial charge in [-0.05, 0) is 45.6 Å². The zero-order valence-corrected chi connectivity index (χ0v) is 14.9. The molecule has 1 fully saturated rings. The molecule has 1 saturated carbocycles. The van der Waals surface area contributed by atoms with Crippen molar-refractivity contribution >= 4 is 11.7 Å². The molecule has 0 unspecified atom stereocenters. The Hall–Kier alpha value is -1.98. The molecular formula is C18H27N5O. The summed E-state index contributed by atoms with van der Waals surface area (Å²) in [5.41, 5.74) is 3.07. The molecule has 2 heterocycles. The van der Waals surface area contributed by atoms with E-state index in [1.165, 1.54) is 25.7 Å². The van der Waals surface area contributed by atoms with E-state index >= 15 is 0 Å². The summed E-state index contributed by atoms with van der Waals surface area (Å²) in [5, 5.41) is 7.60. The summed E-state index contributed by atoms with van der Waals surface area (Å²) in [6.07, 6.45) is 8.49. The fourth-order valence-electron chi connectivity index (χ4n) is 3.63. The second-order valence-corrected chi connectivity index (χ2v) is 6.89. The fraction of sp³-hybridized carbons (Fsp3) is 0.667. The second-order valence-electron chi connectivity index (χ2n) is 6.89. The summed E-state index contributed by atoms with van der Waals surface area (Å²) >= 11 is 0. The van der Waals surface area contributed by atoms with Crippen LogP contribution in [0.1, 0.15) is 67.7 Å². The van der Waals surface area contributed by atoms with Gasteiger partial charge in [-0.2, -0.15) is 10.1 Å². The molecule has 0 spiro atoms. The minimum atomic E-state index is 0.149. The maximum absolute atomic E-state index is 12.3. The van der Waals surface area contributed by atoms with Crippen LogP contribution in [0.2, 0.25) is 0 Å². The third kappa shape index (κ3) is 3.74. The molecule has 1 aliphatic rings. The number of carbonyl (C=O) groups is 1. The van der Waals surface area contributed by atoms with Crippen LogP contribution in [-0.4, -0.2) is 31.5 Å². The topological polar surface area (TPSA) is 72.2 Å². The smallest absolute Gasteiger partial charge is 0.252 e. The van der Waals surface area contributed by atoms with Gasteiger partial charge in [0.05, 0.1) is 0 Å². The Morgan fingerprint density at radius 3 is 2.54 bits per heavy atom. The van der Waals surface area contributed by atoms with Crippen molar-refractivity contribution < 1.29 is 4.79 Å². The minimum absolute atomic E-state index is 0.149. The number of aromatic nitrogens is 4. The van der Waals surface area contributed by atoms with Gasteiger partial charge in [0.15, 0.2) is 0 Å². The number of nitrogens with one attached hydrogen (secondary N) is 1. The standard InChI is InChI=1S/C18H27N5O/c1-12-16(13(2)23-18(19-12)20-14(3)22-23)10-11-17(24)21-15-8-6-4-5-7-9-15/h15H,4-11H2,1-3H3,(H,21,24). The Kier molecular flexibility index (Phi) is 5.11. The maximum atomic E-state index is 12.3. The highest BCUT2D eigenvalue weighted by atomic mass is 16.1. The van der Waals surface area contributed by atoms with E-state index in [0.29, 0.717) is 30.5 Å². The van der Waals surface area contributed by atoms with Crippen molar-refractivity contribution in [2.75, 3.05) is 0 Å². The normalized spacial score (nSPS) is 16.3. The Bertz CT molecular complexity index is 729. The molecule has 0 atom stereocenters. The number of fused-ring (bicyclic) bond motifs is 1. The van der Waals surface area contributed by atoms with Crippen molar-refractivity contribution in [1.29, 1.82) is 0 Å². The number of hydrogen-bond donors (Lipinski definition) is 1. The van der Waals surface area contributed by atoms with Crippen molar-refractivity contribution in [2.45, 2.75) is 78.2 Å². The van der Waals surface area contributed by atoms with Crippen LogP contribution in [0.15, 0.2) is 0 Å². The molecule has 3 rings (SSSR count). The zero-order chi connectivity index (χ0) is 17.1. The Labute approximate surface area is 143 Å². The number of aryl methyl sites for hydroxylation is 3. The first-order chi connectivity index (χ1) is 11.5. The summed E-state index contributed by atoms with van der Waals surface area (Å²) in [6.45, 7) is 5.87. The quantitative estimate of drug-likeness (QED) is 0.876. The first-order valence-electron chi connectivity index (χ1n) is 9.03. The lowest BCUT2D eigenvalue weighted by molar-refractivity contribution is -0.121. The van der Waals surface area contributed by atoms with Crippen molar-refractivity contribution in [1.82, 2.24) is 24.9 Å². The molecule has 6 nitrogen and oxygen atoms in total. The molecule has 2 aromatic heterocycles. The molecule has 0 aromatic carbocycles. The predicted molar refractivity (Wildman–Crippen MR) is 92.9 cm³/mol. The van der Waals surface area contributed by atoms with Crippen LogP contribution in [0.5, 0.6) is 0 Å². The van der Waals surface area contributed by atoms with Gasteiger partial charge in [0.1, 0.15) is 5.82 Å². The van der Waals surface area contributed by atoms with Crippen molar-refractivity contribution in [3.05, 3.63) is 22.8 Å². The monoisotopic (exact) mass is 329 g/mol. The van der Waals surface area contributed by atoms with Gasteiger partial charge in [0, 0.05) is 23.9 Å². The van der Waals surface area contributed by atoms with Gasteiger partial charge in [-0.1, -0.05) is 25.7 Å². The van der Waals surface area contributed by atoms with Gasteiger partial charge in [0.25, 0.3) is 5.78 Å². The number of carbonyl (C=O) groups excluding carboxylic acids is 1. The van der Waals surface area contributed by atoms with E-state index in [-0.39, 0.29) is 5.91 Å². The summed E-state index contributed by atoms with van der Waals surface area (Å²) < 4.78 is 1.78. The molecule has 130 valence electrons. The van der Waals surface area contributed by atoms with E-state index in [4.69, 9.17) is 0 Å². The first-order valence-corrected chi connectivity index (χ1v) is 9.03. The highest BCUT2D eigenvalue weighted by Crippen LogP contribution is 2.18. The summed E-state index contributed by atoms with van der Waals surface area (Å²) in [6, 6.07) is 0.362. The van der Waals surface area contributed by atoms with Crippen LogP contribution in [-0.2, 0) is 11.2 Å². The van der Waals surface area contributed by atoms with Crippen LogP contribution in [0.4, 0.5) is 0 Å². The summed E-state index contributed by atoms with van der Waals surface area (Å²) in [5.74, 6) is 1.50. The lowest BCUT2D eigenvalue weighted by Crippen LogP contribution is -2.34. The SMILES string of the molecule is Cc1nc2nc(C)c(CCC(=O)NC3CCCCCC3)c(C)n2n1. The molecule has 1 aliphatic carbocycles. The third-order valence-corrected chi connectivity index (χ3v) is 4.98. The molecule has 0 radical (unpaired) electrons. The van der Waals surface area contributed by atoms with Gasteiger partial charge in [0.2, 0.25) is 5.91 Å². The Morgan fingerprint density at radius 2 is 1.83 bits per heavy atom. The summed E-state index contributed by atoms with van der Waals surface area (Å²) in [7, 11) is 0. The molecule has 2 aromatic rings. The fourth-order valence-corrected chi connectivity index (χ4v) is 3.63. The molecule has 0 saturated heterocycles.